The van der Waals surface area contributed by atoms with Gasteiger partial charge in [0.2, 0.25) is 0 Å². The first-order valence-corrected chi connectivity index (χ1v) is 15.8. The number of halogens is 3. The third-order valence-electron chi connectivity index (χ3n) is 6.67. The second kappa shape index (κ2) is 10.6. The Hall–Kier alpha value is -1.85. The Bertz CT molecular complexity index is 1030. The van der Waals surface area contributed by atoms with Crippen LogP contribution in [0.15, 0.2) is 36.1 Å². The Morgan fingerprint density at radius 3 is 2.17 bits per heavy atom. The van der Waals surface area contributed by atoms with Gasteiger partial charge in [-0.1, -0.05) is 45.7 Å². The highest BCUT2D eigenvalue weighted by Crippen LogP contribution is 2.46. The molecule has 0 spiro atoms. The molecule has 1 aromatic rings. The molecule has 1 atom stereocenters. The van der Waals surface area contributed by atoms with Gasteiger partial charge in [-0.3, -0.25) is 0 Å². The van der Waals surface area contributed by atoms with Crippen LogP contribution in [0.2, 0.25) is 18.1 Å². The van der Waals surface area contributed by atoms with Crippen LogP contribution in [0.3, 0.4) is 0 Å². The van der Waals surface area contributed by atoms with Gasteiger partial charge in [0.15, 0.2) is 8.32 Å². The predicted molar refractivity (Wildman–Crippen MR) is 130 cm³/mol. The Morgan fingerprint density at radius 2 is 1.66 bits per heavy atom. The predicted octanol–water partition coefficient (Wildman–Crippen LogP) is 6.49. The molecule has 0 N–H and O–H groups in total. The molecule has 0 heterocycles. The summed E-state index contributed by atoms with van der Waals surface area (Å²) in [5.74, 6) is -0.841. The Labute approximate surface area is 207 Å². The standard InChI is InChI=1S/C24H35F3O6SSi/c1-22(2,3)35(5,6)33-23(17-18-12-14-19(15-13-18)21(28)31-4)16-10-8-7-9-11-20(23)32-34(29,30)24(25,26)27/h11-15H,7-10,16-17H2,1-6H3. The molecule has 0 saturated heterocycles. The zero-order valence-electron chi connectivity index (χ0n) is 21.1. The number of rotatable bonds is 7. The number of benzene rings is 1. The molecule has 0 aliphatic heterocycles. The second-order valence-electron chi connectivity index (χ2n) is 10.4. The average molecular weight is 537 g/mol. The van der Waals surface area contributed by atoms with Gasteiger partial charge >= 0.3 is 21.6 Å². The molecule has 35 heavy (non-hydrogen) atoms. The largest absolute Gasteiger partial charge is 0.534 e. The van der Waals surface area contributed by atoms with E-state index in [2.05, 4.69) is 0 Å². The van der Waals surface area contributed by atoms with E-state index >= 15 is 0 Å². The van der Waals surface area contributed by atoms with Crippen molar-refractivity contribution in [2.75, 3.05) is 7.11 Å². The van der Waals surface area contributed by atoms with Crippen molar-refractivity contribution in [3.05, 3.63) is 47.2 Å². The molecular formula is C24H35F3O6SSi. The first-order valence-electron chi connectivity index (χ1n) is 11.5. The van der Waals surface area contributed by atoms with Crippen molar-refractivity contribution in [2.24, 2.45) is 0 Å². The maximum absolute atomic E-state index is 13.3. The number of ether oxygens (including phenoxy) is 1. The summed E-state index contributed by atoms with van der Waals surface area (Å²) < 4.78 is 80.4. The lowest BCUT2D eigenvalue weighted by atomic mass is 9.85. The highest BCUT2D eigenvalue weighted by molar-refractivity contribution is 7.87. The molecule has 1 aliphatic rings. The maximum atomic E-state index is 13.3. The molecule has 0 fully saturated rings. The van der Waals surface area contributed by atoms with E-state index in [1.165, 1.54) is 13.2 Å². The van der Waals surface area contributed by atoms with Crippen molar-refractivity contribution in [3.63, 3.8) is 0 Å². The lowest BCUT2D eigenvalue weighted by Crippen LogP contribution is -2.53. The number of carbonyl (C=O) groups is 1. The molecule has 1 unspecified atom stereocenters. The zero-order chi connectivity index (χ0) is 26.7. The minimum absolute atomic E-state index is 0.0835. The quantitative estimate of drug-likeness (QED) is 0.172. The van der Waals surface area contributed by atoms with Crippen molar-refractivity contribution in [2.45, 2.75) is 88.5 Å². The van der Waals surface area contributed by atoms with Crippen molar-refractivity contribution in [1.82, 2.24) is 0 Å². The van der Waals surface area contributed by atoms with E-state index in [0.29, 0.717) is 30.4 Å². The number of allylic oxidation sites excluding steroid dienone is 1. The SMILES string of the molecule is COC(=O)c1ccc(CC2(O[Si](C)(C)C(C)(C)C)CCCCCC=C2OS(=O)(=O)C(F)(F)F)cc1. The summed E-state index contributed by atoms with van der Waals surface area (Å²) in [7, 11) is -7.26. The molecule has 0 bridgehead atoms. The maximum Gasteiger partial charge on any atom is 0.534 e. The van der Waals surface area contributed by atoms with E-state index in [9.17, 15) is 26.4 Å². The number of hydrogen-bond acceptors (Lipinski definition) is 6. The lowest BCUT2D eigenvalue weighted by molar-refractivity contribution is -0.0555. The molecule has 1 aliphatic carbocycles. The fourth-order valence-electron chi connectivity index (χ4n) is 3.71. The van der Waals surface area contributed by atoms with Gasteiger partial charge in [0, 0.05) is 6.42 Å². The van der Waals surface area contributed by atoms with E-state index < -0.39 is 35.5 Å². The van der Waals surface area contributed by atoms with Gasteiger partial charge in [-0.2, -0.15) is 21.6 Å². The van der Waals surface area contributed by atoms with Crippen LogP contribution in [-0.4, -0.2) is 40.9 Å². The summed E-state index contributed by atoms with van der Waals surface area (Å²) in [4.78, 5) is 11.8. The monoisotopic (exact) mass is 536 g/mol. The summed E-state index contributed by atoms with van der Waals surface area (Å²) in [6.07, 6.45) is 4.31. The van der Waals surface area contributed by atoms with Gasteiger partial charge in [-0.15, -0.1) is 0 Å². The van der Waals surface area contributed by atoms with E-state index in [1.807, 2.05) is 33.9 Å². The minimum atomic E-state index is -5.90. The van der Waals surface area contributed by atoms with Gasteiger partial charge in [-0.05, 0) is 61.2 Å². The van der Waals surface area contributed by atoms with Gasteiger partial charge in [0.1, 0.15) is 11.4 Å². The molecule has 6 nitrogen and oxygen atoms in total. The Balaban J connectivity index is 2.65. The molecule has 0 radical (unpaired) electrons. The van der Waals surface area contributed by atoms with Crippen LogP contribution in [0.5, 0.6) is 0 Å². The highest BCUT2D eigenvalue weighted by atomic mass is 32.2. The molecule has 0 saturated carbocycles. The fraction of sp³-hybridized carbons (Fsp3) is 0.625. The third kappa shape index (κ3) is 7.10. The van der Waals surface area contributed by atoms with Crippen molar-refractivity contribution in [3.8, 4) is 0 Å². The van der Waals surface area contributed by atoms with Crippen molar-refractivity contribution >= 4 is 24.4 Å². The second-order valence-corrected chi connectivity index (χ2v) is 16.6. The number of esters is 1. The van der Waals surface area contributed by atoms with Gasteiger partial charge in [-0.25, -0.2) is 4.79 Å². The normalized spacial score (nSPS) is 20.4. The van der Waals surface area contributed by atoms with Crippen LogP contribution in [0.4, 0.5) is 13.2 Å². The van der Waals surface area contributed by atoms with Crippen LogP contribution < -0.4 is 0 Å². The molecule has 0 amide bonds. The summed E-state index contributed by atoms with van der Waals surface area (Å²) in [5.41, 5.74) is -6.01. The number of alkyl halides is 3. The van der Waals surface area contributed by atoms with Gasteiger partial charge in [0.05, 0.1) is 12.7 Å². The molecule has 11 heteroatoms. The van der Waals surface area contributed by atoms with Crippen LogP contribution in [0.25, 0.3) is 0 Å². The first kappa shape index (κ1) is 29.4. The molecule has 198 valence electrons. The van der Waals surface area contributed by atoms with Crippen LogP contribution in [0.1, 0.15) is 68.8 Å². The average Bonchev–Trinajstić information content (AvgIpc) is 2.71. The van der Waals surface area contributed by atoms with Gasteiger partial charge in [0.25, 0.3) is 0 Å². The molecule has 0 aromatic heterocycles. The Morgan fingerprint density at radius 1 is 1.06 bits per heavy atom. The highest BCUT2D eigenvalue weighted by Gasteiger charge is 2.53. The van der Waals surface area contributed by atoms with E-state index in [-0.39, 0.29) is 23.6 Å². The van der Waals surface area contributed by atoms with Crippen molar-refractivity contribution < 1.29 is 39.7 Å². The molecule has 2 rings (SSSR count). The van der Waals surface area contributed by atoms with E-state index in [1.54, 1.807) is 24.3 Å². The summed E-state index contributed by atoms with van der Waals surface area (Å²) in [6.45, 7) is 9.92. The van der Waals surface area contributed by atoms with Gasteiger partial charge < -0.3 is 13.3 Å². The number of hydrogen-bond donors (Lipinski definition) is 0. The fourth-order valence-corrected chi connectivity index (χ4v) is 5.82. The summed E-state index contributed by atoms with van der Waals surface area (Å²) >= 11 is 0. The topological polar surface area (TPSA) is 78.9 Å². The smallest absolute Gasteiger partial charge is 0.465 e. The van der Waals surface area contributed by atoms with Crippen molar-refractivity contribution in [1.29, 1.82) is 0 Å². The minimum Gasteiger partial charge on any atom is -0.465 e. The lowest BCUT2D eigenvalue weighted by Gasteiger charge is -2.46. The van der Waals surface area contributed by atoms with Crippen LogP contribution in [-0.2, 0) is 29.9 Å². The molecule has 1 aromatic carbocycles. The third-order valence-corrected chi connectivity index (χ3v) is 12.1. The Kier molecular flexibility index (Phi) is 8.93. The zero-order valence-corrected chi connectivity index (χ0v) is 22.9. The number of carbonyl (C=O) groups excluding carboxylic acids is 1. The van der Waals surface area contributed by atoms with Crippen LogP contribution in [0, 0.1) is 0 Å². The number of methoxy groups -OCH3 is 1. The van der Waals surface area contributed by atoms with E-state index in [4.69, 9.17) is 13.3 Å². The summed E-state index contributed by atoms with van der Waals surface area (Å²) in [5, 5.41) is -0.300. The first-order chi connectivity index (χ1) is 15.9. The van der Waals surface area contributed by atoms with E-state index in [0.717, 1.165) is 6.42 Å². The summed E-state index contributed by atoms with van der Waals surface area (Å²) in [6, 6.07) is 6.44. The molecular weight excluding hydrogens is 501 g/mol. The van der Waals surface area contributed by atoms with Crippen LogP contribution >= 0.6 is 0 Å².